The zero-order chi connectivity index (χ0) is 21.3. The Labute approximate surface area is 173 Å². The zero-order valence-corrected chi connectivity index (χ0v) is 16.7. The second-order valence-corrected chi connectivity index (χ2v) is 7.39. The molecule has 2 aromatic heterocycles. The monoisotopic (exact) mass is 405 g/mol. The quantitative estimate of drug-likeness (QED) is 0.521. The molecular formula is C24H21F2N3O. The van der Waals surface area contributed by atoms with Crippen molar-refractivity contribution in [3.63, 3.8) is 0 Å². The molecule has 30 heavy (non-hydrogen) atoms. The van der Waals surface area contributed by atoms with Gasteiger partial charge in [0.25, 0.3) is 0 Å². The minimum atomic E-state index is -0.314. The highest BCUT2D eigenvalue weighted by molar-refractivity contribution is 5.81. The molecule has 0 radical (unpaired) electrons. The van der Waals surface area contributed by atoms with Gasteiger partial charge >= 0.3 is 0 Å². The molecule has 0 aliphatic rings. The van der Waals surface area contributed by atoms with Crippen LogP contribution in [0.15, 0.2) is 60.8 Å². The van der Waals surface area contributed by atoms with Gasteiger partial charge in [0.2, 0.25) is 5.91 Å². The highest BCUT2D eigenvalue weighted by atomic mass is 19.1. The van der Waals surface area contributed by atoms with E-state index in [9.17, 15) is 13.6 Å². The van der Waals surface area contributed by atoms with Crippen LogP contribution in [-0.4, -0.2) is 15.3 Å². The number of carbonyl (C=O) groups excluding carboxylic acids is 1. The lowest BCUT2D eigenvalue weighted by atomic mass is 10.1. The third-order valence-corrected chi connectivity index (χ3v) is 5.03. The zero-order valence-electron chi connectivity index (χ0n) is 16.7. The van der Waals surface area contributed by atoms with Crippen LogP contribution in [0.1, 0.15) is 22.4 Å². The molecule has 1 amide bonds. The molecule has 0 spiro atoms. The molecule has 1 N–H and O–H groups in total. The topological polar surface area (TPSA) is 46.4 Å². The van der Waals surface area contributed by atoms with Crippen molar-refractivity contribution in [2.75, 3.05) is 0 Å². The van der Waals surface area contributed by atoms with Gasteiger partial charge < -0.3 is 9.72 Å². The van der Waals surface area contributed by atoms with Gasteiger partial charge in [0, 0.05) is 18.3 Å². The predicted octanol–water partition coefficient (Wildman–Crippen LogP) is 4.76. The van der Waals surface area contributed by atoms with Crippen LogP contribution in [0.25, 0.3) is 16.9 Å². The molecule has 6 heteroatoms. The number of benzene rings is 2. The maximum absolute atomic E-state index is 13.8. The summed E-state index contributed by atoms with van der Waals surface area (Å²) in [7, 11) is 0. The van der Waals surface area contributed by atoms with E-state index in [1.807, 2.05) is 29.7 Å². The molecule has 0 aliphatic carbocycles. The van der Waals surface area contributed by atoms with Gasteiger partial charge in [-0.15, -0.1) is 0 Å². The number of aromatic nitrogens is 2. The molecule has 0 unspecified atom stereocenters. The van der Waals surface area contributed by atoms with Gasteiger partial charge in [-0.2, -0.15) is 0 Å². The number of nitrogens with zero attached hydrogens (tertiary/aromatic N) is 2. The summed E-state index contributed by atoms with van der Waals surface area (Å²) in [6.45, 7) is 3.98. The molecule has 4 nitrogen and oxygen atoms in total. The molecule has 4 rings (SSSR count). The Hall–Kier alpha value is -3.54. The second kappa shape index (κ2) is 8.06. The van der Waals surface area contributed by atoms with Crippen LogP contribution in [0, 0.1) is 25.5 Å². The minimum Gasteiger partial charge on any atom is -0.352 e. The fraction of sp³-hybridized carbons (Fsp3) is 0.167. The highest BCUT2D eigenvalue weighted by Gasteiger charge is 2.18. The van der Waals surface area contributed by atoms with Gasteiger partial charge in [-0.25, -0.2) is 13.8 Å². The van der Waals surface area contributed by atoms with Crippen LogP contribution in [0.2, 0.25) is 0 Å². The lowest BCUT2D eigenvalue weighted by Gasteiger charge is -2.09. The first kappa shape index (κ1) is 19.8. The van der Waals surface area contributed by atoms with Crippen molar-refractivity contribution in [1.29, 1.82) is 0 Å². The maximum Gasteiger partial charge on any atom is 0.226 e. The summed E-state index contributed by atoms with van der Waals surface area (Å²) in [4.78, 5) is 17.4. The van der Waals surface area contributed by atoms with Gasteiger partial charge in [-0.1, -0.05) is 18.2 Å². The van der Waals surface area contributed by atoms with Gasteiger partial charge in [0.05, 0.1) is 17.8 Å². The molecule has 2 aromatic carbocycles. The van der Waals surface area contributed by atoms with E-state index in [1.165, 1.54) is 18.2 Å². The fourth-order valence-corrected chi connectivity index (χ4v) is 3.41. The largest absolute Gasteiger partial charge is 0.352 e. The number of rotatable bonds is 5. The average molecular weight is 405 g/mol. The van der Waals surface area contributed by atoms with Crippen molar-refractivity contribution in [3.05, 3.63) is 94.8 Å². The molecule has 0 atom stereocenters. The number of hydrogen-bond acceptors (Lipinski definition) is 2. The number of hydrogen-bond donors (Lipinski definition) is 1. The van der Waals surface area contributed by atoms with Crippen molar-refractivity contribution in [1.82, 2.24) is 14.7 Å². The van der Waals surface area contributed by atoms with Gasteiger partial charge in [0.1, 0.15) is 17.3 Å². The first-order valence-electron chi connectivity index (χ1n) is 9.66. The van der Waals surface area contributed by atoms with Crippen molar-refractivity contribution in [2.45, 2.75) is 26.8 Å². The van der Waals surface area contributed by atoms with E-state index < -0.39 is 0 Å². The lowest BCUT2D eigenvalue weighted by molar-refractivity contribution is -0.120. The van der Waals surface area contributed by atoms with Crippen LogP contribution in [0.4, 0.5) is 8.78 Å². The third-order valence-electron chi connectivity index (χ3n) is 5.03. The second-order valence-electron chi connectivity index (χ2n) is 7.39. The molecular weight excluding hydrogens is 384 g/mol. The summed E-state index contributed by atoms with van der Waals surface area (Å²) >= 11 is 0. The van der Waals surface area contributed by atoms with Crippen molar-refractivity contribution in [3.8, 4) is 11.3 Å². The fourth-order valence-electron chi connectivity index (χ4n) is 3.41. The van der Waals surface area contributed by atoms with E-state index in [0.717, 1.165) is 28.0 Å². The molecule has 152 valence electrons. The number of nitrogens with one attached hydrogen (secondary N) is 1. The highest BCUT2D eigenvalue weighted by Crippen LogP contribution is 2.27. The van der Waals surface area contributed by atoms with Crippen LogP contribution in [-0.2, 0) is 17.8 Å². The normalized spacial score (nSPS) is 11.1. The van der Waals surface area contributed by atoms with Gasteiger partial charge in [-0.3, -0.25) is 4.79 Å². The van der Waals surface area contributed by atoms with E-state index in [2.05, 4.69) is 5.32 Å². The smallest absolute Gasteiger partial charge is 0.226 e. The number of amides is 1. The lowest BCUT2D eigenvalue weighted by Crippen LogP contribution is -2.25. The van der Waals surface area contributed by atoms with E-state index in [-0.39, 0.29) is 24.0 Å². The van der Waals surface area contributed by atoms with E-state index in [0.29, 0.717) is 17.8 Å². The number of halogens is 2. The molecule has 0 saturated heterocycles. The summed E-state index contributed by atoms with van der Waals surface area (Å²) in [5.74, 6) is -0.773. The number of aryl methyl sites for hydroxylation is 2. The Bertz CT molecular complexity index is 1230. The number of fused-ring (bicyclic) bond motifs is 1. The van der Waals surface area contributed by atoms with E-state index in [4.69, 9.17) is 4.98 Å². The molecule has 0 bridgehead atoms. The number of imidazole rings is 1. The molecule has 0 saturated carbocycles. The Morgan fingerprint density at radius 1 is 1.03 bits per heavy atom. The summed E-state index contributed by atoms with van der Waals surface area (Å²) in [6, 6.07) is 14.7. The van der Waals surface area contributed by atoms with Gasteiger partial charge in [0.15, 0.2) is 0 Å². The standard InChI is InChI=1S/C24H21F2N3O/c1-15-3-10-22-28-24(18-6-9-20(26)16(2)11-18)21(29(22)14-15)12-23(30)27-13-17-4-7-19(25)8-5-17/h3-11,14H,12-13H2,1-2H3,(H,27,30). The van der Waals surface area contributed by atoms with Crippen molar-refractivity contribution >= 4 is 11.6 Å². The molecule has 0 fully saturated rings. The van der Waals surface area contributed by atoms with Gasteiger partial charge in [-0.05, 0) is 66.9 Å². The Balaban J connectivity index is 1.65. The summed E-state index contributed by atoms with van der Waals surface area (Å²) in [6.07, 6.45) is 2.04. The minimum absolute atomic E-state index is 0.109. The Kier molecular flexibility index (Phi) is 5.31. The van der Waals surface area contributed by atoms with Crippen molar-refractivity contribution < 1.29 is 13.6 Å². The number of pyridine rings is 1. The maximum atomic E-state index is 13.8. The molecule has 0 aliphatic heterocycles. The van der Waals surface area contributed by atoms with Crippen LogP contribution >= 0.6 is 0 Å². The van der Waals surface area contributed by atoms with E-state index in [1.54, 1.807) is 31.2 Å². The SMILES string of the molecule is Cc1ccc2nc(-c3ccc(F)c(C)c3)c(CC(=O)NCc3ccc(F)cc3)n2c1. The predicted molar refractivity (Wildman–Crippen MR) is 112 cm³/mol. The first-order valence-corrected chi connectivity index (χ1v) is 9.66. The Morgan fingerprint density at radius 2 is 1.80 bits per heavy atom. The van der Waals surface area contributed by atoms with Crippen LogP contribution in [0.3, 0.4) is 0 Å². The summed E-state index contributed by atoms with van der Waals surface area (Å²) < 4.78 is 28.7. The third kappa shape index (κ3) is 4.08. The summed E-state index contributed by atoms with van der Waals surface area (Å²) in [5.41, 5.74) is 5.24. The molecule has 2 heterocycles. The Morgan fingerprint density at radius 3 is 2.53 bits per heavy atom. The van der Waals surface area contributed by atoms with Crippen LogP contribution < -0.4 is 5.32 Å². The van der Waals surface area contributed by atoms with E-state index >= 15 is 0 Å². The summed E-state index contributed by atoms with van der Waals surface area (Å²) in [5, 5.41) is 2.87. The first-order chi connectivity index (χ1) is 14.4. The number of carbonyl (C=O) groups is 1. The van der Waals surface area contributed by atoms with Crippen molar-refractivity contribution in [2.24, 2.45) is 0 Å². The molecule has 4 aromatic rings. The average Bonchev–Trinajstić information content (AvgIpc) is 3.07. The van der Waals surface area contributed by atoms with Crippen LogP contribution in [0.5, 0.6) is 0 Å².